The van der Waals surface area contributed by atoms with Gasteiger partial charge in [-0.2, -0.15) is 0 Å². The summed E-state index contributed by atoms with van der Waals surface area (Å²) in [5, 5.41) is 2.98. The molecule has 1 fully saturated rings. The van der Waals surface area contributed by atoms with Crippen LogP contribution >= 0.6 is 0 Å². The maximum absolute atomic E-state index is 13.2. The van der Waals surface area contributed by atoms with Gasteiger partial charge in [0.15, 0.2) is 5.75 Å². The number of urea groups is 1. The first-order valence-corrected chi connectivity index (χ1v) is 12.1. The fraction of sp³-hybridized carbons (Fsp3) is 0.286. The molecule has 1 saturated heterocycles. The Morgan fingerprint density at radius 3 is 2.46 bits per heavy atom. The quantitative estimate of drug-likeness (QED) is 0.532. The molecule has 2 heterocycles. The number of anilines is 1. The minimum Gasteiger partial charge on any atom is -0.497 e. The molecular formula is C28H30N4O5. The van der Waals surface area contributed by atoms with Gasteiger partial charge in [-0.1, -0.05) is 12.1 Å². The van der Waals surface area contributed by atoms with Crippen molar-refractivity contribution in [3.63, 3.8) is 0 Å². The van der Waals surface area contributed by atoms with Crippen LogP contribution in [0.25, 0.3) is 0 Å². The van der Waals surface area contributed by atoms with Gasteiger partial charge in [0, 0.05) is 31.7 Å². The smallest absolute Gasteiger partial charge is 0.322 e. The highest BCUT2D eigenvalue weighted by Crippen LogP contribution is 2.39. The Morgan fingerprint density at radius 1 is 0.946 bits per heavy atom. The summed E-state index contributed by atoms with van der Waals surface area (Å²) >= 11 is 0. The number of ether oxygens (including phenoxy) is 4. The summed E-state index contributed by atoms with van der Waals surface area (Å²) in [6.07, 6.45) is 0. The van der Waals surface area contributed by atoms with E-state index in [4.69, 9.17) is 23.9 Å². The third-order valence-corrected chi connectivity index (χ3v) is 6.58. The molecule has 0 spiro atoms. The average Bonchev–Trinajstić information content (AvgIpc) is 3.09. The summed E-state index contributed by atoms with van der Waals surface area (Å²) in [6, 6.07) is 18.5. The molecule has 1 atom stereocenters. The van der Waals surface area contributed by atoms with Crippen molar-refractivity contribution in [1.82, 2.24) is 9.80 Å². The van der Waals surface area contributed by atoms with Crippen molar-refractivity contribution in [2.75, 3.05) is 46.3 Å². The molecule has 3 aromatic carbocycles. The number of hydrogen-bond donors (Lipinski definition) is 1. The third kappa shape index (κ3) is 4.84. The number of nitrogens with one attached hydrogen (secondary N) is 1. The molecule has 0 bridgehead atoms. The highest BCUT2D eigenvalue weighted by molar-refractivity contribution is 6.04. The molecule has 2 amide bonds. The van der Waals surface area contributed by atoms with Crippen molar-refractivity contribution in [1.29, 1.82) is 0 Å². The molecule has 0 aliphatic carbocycles. The molecule has 1 unspecified atom stereocenters. The van der Waals surface area contributed by atoms with Gasteiger partial charge in [-0.15, -0.1) is 0 Å². The highest BCUT2D eigenvalue weighted by atomic mass is 16.5. The molecule has 9 nitrogen and oxygen atoms in total. The lowest BCUT2D eigenvalue weighted by molar-refractivity contribution is 0.144. The number of amides is 2. The molecule has 1 N–H and O–H groups in total. The monoisotopic (exact) mass is 502 g/mol. The Balaban J connectivity index is 1.38. The Kier molecular flexibility index (Phi) is 6.76. The molecule has 2 aliphatic heterocycles. The number of carbonyl (C=O) groups is 1. The Bertz CT molecular complexity index is 1340. The van der Waals surface area contributed by atoms with Crippen LogP contribution in [0.15, 0.2) is 65.7 Å². The van der Waals surface area contributed by atoms with Gasteiger partial charge >= 0.3 is 6.03 Å². The molecule has 5 rings (SSSR count). The number of para-hydroxylation sites is 2. The van der Waals surface area contributed by atoms with E-state index in [2.05, 4.69) is 10.2 Å². The van der Waals surface area contributed by atoms with E-state index in [9.17, 15) is 4.79 Å². The van der Waals surface area contributed by atoms with E-state index in [0.717, 1.165) is 22.8 Å². The van der Waals surface area contributed by atoms with Crippen LogP contribution < -0.4 is 24.3 Å². The van der Waals surface area contributed by atoms with Crippen molar-refractivity contribution in [2.24, 2.45) is 4.99 Å². The third-order valence-electron chi connectivity index (χ3n) is 6.58. The van der Waals surface area contributed by atoms with Gasteiger partial charge in [-0.05, 0) is 49.4 Å². The summed E-state index contributed by atoms with van der Waals surface area (Å²) in [6.45, 7) is 3.76. The summed E-state index contributed by atoms with van der Waals surface area (Å²) in [5.41, 5.74) is 2.20. The van der Waals surface area contributed by atoms with Gasteiger partial charge < -0.3 is 34.1 Å². The first-order chi connectivity index (χ1) is 18.0. The van der Waals surface area contributed by atoms with Gasteiger partial charge in [0.1, 0.15) is 34.5 Å². The second-order valence-electron chi connectivity index (χ2n) is 8.85. The van der Waals surface area contributed by atoms with E-state index in [1.54, 1.807) is 39.5 Å². The molecule has 37 heavy (non-hydrogen) atoms. The van der Waals surface area contributed by atoms with Gasteiger partial charge in [0.05, 0.1) is 32.6 Å². The van der Waals surface area contributed by atoms with Crippen molar-refractivity contribution < 1.29 is 23.7 Å². The van der Waals surface area contributed by atoms with E-state index in [1.165, 1.54) is 0 Å². The molecule has 2 aliphatic rings. The topological polar surface area (TPSA) is 84.9 Å². The number of aliphatic imine (C=N–C) groups is 1. The predicted molar refractivity (Wildman–Crippen MR) is 142 cm³/mol. The van der Waals surface area contributed by atoms with E-state index in [0.29, 0.717) is 48.3 Å². The minimum absolute atomic E-state index is 0.0748. The zero-order valence-corrected chi connectivity index (χ0v) is 21.4. The fourth-order valence-corrected chi connectivity index (χ4v) is 4.61. The maximum Gasteiger partial charge on any atom is 0.322 e. The van der Waals surface area contributed by atoms with Crippen LogP contribution in [0, 0.1) is 0 Å². The molecule has 0 saturated carbocycles. The molecule has 3 aromatic rings. The normalized spacial score (nSPS) is 16.4. The van der Waals surface area contributed by atoms with E-state index >= 15 is 0 Å². The molecule has 0 aromatic heterocycles. The number of rotatable bonds is 4. The number of carbonyl (C=O) groups excluding carboxylic acids is 1. The summed E-state index contributed by atoms with van der Waals surface area (Å²) in [4.78, 5) is 22.3. The van der Waals surface area contributed by atoms with Crippen molar-refractivity contribution in [3.8, 4) is 28.7 Å². The van der Waals surface area contributed by atoms with Gasteiger partial charge in [-0.3, -0.25) is 0 Å². The van der Waals surface area contributed by atoms with E-state index in [1.807, 2.05) is 54.3 Å². The van der Waals surface area contributed by atoms with Crippen LogP contribution in [-0.4, -0.2) is 68.7 Å². The van der Waals surface area contributed by atoms with E-state index < -0.39 is 0 Å². The lowest BCUT2D eigenvalue weighted by atomic mass is 10.1. The number of piperazine rings is 1. The molecular weight excluding hydrogens is 472 g/mol. The van der Waals surface area contributed by atoms with Crippen molar-refractivity contribution in [2.45, 2.75) is 13.0 Å². The Labute approximate surface area is 216 Å². The second kappa shape index (κ2) is 10.3. The van der Waals surface area contributed by atoms with Crippen LogP contribution in [-0.2, 0) is 0 Å². The fourth-order valence-electron chi connectivity index (χ4n) is 4.61. The SMILES string of the molecule is COc1ccc(NC(=O)N2CCN(C3=Nc4ccccc4Oc4ccc(OC)cc43)CC2C)c(OC)c1. The number of nitrogens with zero attached hydrogens (tertiary/aromatic N) is 3. The Morgan fingerprint density at radius 2 is 1.70 bits per heavy atom. The number of fused-ring (bicyclic) bond motifs is 2. The first kappa shape index (κ1) is 24.3. The minimum atomic E-state index is -0.186. The number of benzene rings is 3. The highest BCUT2D eigenvalue weighted by Gasteiger charge is 2.32. The van der Waals surface area contributed by atoms with Crippen LogP contribution in [0.1, 0.15) is 12.5 Å². The van der Waals surface area contributed by atoms with Gasteiger partial charge in [0.2, 0.25) is 0 Å². The van der Waals surface area contributed by atoms with Crippen LogP contribution in [0.5, 0.6) is 28.7 Å². The zero-order chi connectivity index (χ0) is 25.9. The predicted octanol–water partition coefficient (Wildman–Crippen LogP) is 5.13. The molecule has 9 heteroatoms. The van der Waals surface area contributed by atoms with Gasteiger partial charge in [-0.25, -0.2) is 9.79 Å². The lowest BCUT2D eigenvalue weighted by Crippen LogP contribution is -2.56. The first-order valence-electron chi connectivity index (χ1n) is 12.1. The lowest BCUT2D eigenvalue weighted by Gasteiger charge is -2.41. The average molecular weight is 503 g/mol. The Hall–Kier alpha value is -4.40. The van der Waals surface area contributed by atoms with Crippen LogP contribution in [0.3, 0.4) is 0 Å². The van der Waals surface area contributed by atoms with Crippen molar-refractivity contribution >= 4 is 23.2 Å². The maximum atomic E-state index is 13.2. The second-order valence-corrected chi connectivity index (χ2v) is 8.85. The van der Waals surface area contributed by atoms with Gasteiger partial charge in [0.25, 0.3) is 0 Å². The largest absolute Gasteiger partial charge is 0.497 e. The van der Waals surface area contributed by atoms with E-state index in [-0.39, 0.29) is 12.1 Å². The number of methoxy groups -OCH3 is 3. The standard InChI is InChI=1S/C28H30N4O5/c1-18-17-31(13-14-32(18)28(33)30-23-11-9-20(35-3)16-26(23)36-4)27-21-15-19(34-2)10-12-24(21)37-25-8-6-5-7-22(25)29-27/h5-12,15-16,18H,13-14,17H2,1-4H3,(H,30,33). The van der Waals surface area contributed by atoms with Crippen LogP contribution in [0.4, 0.5) is 16.2 Å². The number of amidine groups is 1. The number of hydrogen-bond acceptors (Lipinski definition) is 7. The van der Waals surface area contributed by atoms with Crippen molar-refractivity contribution in [3.05, 3.63) is 66.2 Å². The summed E-state index contributed by atoms with van der Waals surface area (Å²) in [5.74, 6) is 4.12. The van der Waals surface area contributed by atoms with Crippen LogP contribution in [0.2, 0.25) is 0 Å². The molecule has 0 radical (unpaired) electrons. The zero-order valence-electron chi connectivity index (χ0n) is 21.4. The molecule has 192 valence electrons. The summed E-state index contributed by atoms with van der Waals surface area (Å²) < 4.78 is 22.4. The summed E-state index contributed by atoms with van der Waals surface area (Å²) in [7, 11) is 4.79.